The second-order valence-electron chi connectivity index (χ2n) is 4.69. The molecule has 0 heterocycles. The van der Waals surface area contributed by atoms with E-state index in [4.69, 9.17) is 5.84 Å². The molecule has 0 aromatic heterocycles. The molecule has 1 rings (SSSR count). The maximum absolute atomic E-state index is 5.53. The standard InChI is InChI=1S/C12H18BrN3/c1-8-9(6-5-7-10(8)13)11(16-14)15-12(2,3)4/h5-7H,14H2,1-4H3,(H,15,16). The van der Waals surface area contributed by atoms with Crippen LogP contribution in [0.4, 0.5) is 0 Å². The van der Waals surface area contributed by atoms with Crippen LogP contribution in [0.1, 0.15) is 31.9 Å². The van der Waals surface area contributed by atoms with Crippen molar-refractivity contribution in [1.29, 1.82) is 0 Å². The summed E-state index contributed by atoms with van der Waals surface area (Å²) in [5.74, 6) is 6.25. The summed E-state index contributed by atoms with van der Waals surface area (Å²) in [7, 11) is 0. The summed E-state index contributed by atoms with van der Waals surface area (Å²) in [4.78, 5) is 4.56. The fourth-order valence-electron chi connectivity index (χ4n) is 1.37. The monoisotopic (exact) mass is 283 g/mol. The van der Waals surface area contributed by atoms with E-state index in [0.29, 0.717) is 5.84 Å². The van der Waals surface area contributed by atoms with Crippen LogP contribution in [0.15, 0.2) is 27.7 Å². The lowest BCUT2D eigenvalue weighted by Crippen LogP contribution is -2.34. The number of aliphatic imine (C=N–C) groups is 1. The quantitative estimate of drug-likeness (QED) is 0.360. The van der Waals surface area contributed by atoms with E-state index in [1.807, 2.05) is 45.9 Å². The number of hydrogen-bond donors (Lipinski definition) is 2. The Balaban J connectivity index is 3.25. The van der Waals surface area contributed by atoms with Crippen LogP contribution in [0.5, 0.6) is 0 Å². The second kappa shape index (κ2) is 4.97. The van der Waals surface area contributed by atoms with Gasteiger partial charge in [-0.05, 0) is 39.3 Å². The number of amidine groups is 1. The minimum atomic E-state index is -0.156. The topological polar surface area (TPSA) is 50.4 Å². The lowest BCUT2D eigenvalue weighted by molar-refractivity contribution is 0.580. The maximum Gasteiger partial charge on any atom is 0.143 e. The highest BCUT2D eigenvalue weighted by Crippen LogP contribution is 2.20. The van der Waals surface area contributed by atoms with Gasteiger partial charge in [-0.2, -0.15) is 0 Å². The third-order valence-corrected chi connectivity index (χ3v) is 2.97. The number of nitrogens with zero attached hydrogens (tertiary/aromatic N) is 1. The van der Waals surface area contributed by atoms with E-state index in [1.54, 1.807) is 0 Å². The van der Waals surface area contributed by atoms with Crippen LogP contribution < -0.4 is 11.3 Å². The number of hydrogen-bond acceptors (Lipinski definition) is 2. The summed E-state index contributed by atoms with van der Waals surface area (Å²) >= 11 is 3.50. The van der Waals surface area contributed by atoms with Gasteiger partial charge < -0.3 is 5.43 Å². The van der Waals surface area contributed by atoms with Crippen molar-refractivity contribution in [2.75, 3.05) is 0 Å². The summed E-state index contributed by atoms with van der Waals surface area (Å²) in [5, 5.41) is 0. The Labute approximate surface area is 105 Å². The Morgan fingerprint density at radius 3 is 2.50 bits per heavy atom. The molecule has 0 aliphatic heterocycles. The van der Waals surface area contributed by atoms with Crippen LogP contribution in [-0.2, 0) is 0 Å². The Kier molecular flexibility index (Phi) is 4.10. The molecule has 1 aromatic rings. The molecule has 0 aliphatic rings. The predicted octanol–water partition coefficient (Wildman–Crippen LogP) is 2.77. The van der Waals surface area contributed by atoms with Crippen molar-refractivity contribution >= 4 is 21.8 Å². The molecule has 0 bridgehead atoms. The van der Waals surface area contributed by atoms with E-state index in [0.717, 1.165) is 15.6 Å². The van der Waals surface area contributed by atoms with Crippen molar-refractivity contribution in [3.05, 3.63) is 33.8 Å². The molecule has 0 atom stereocenters. The summed E-state index contributed by atoms with van der Waals surface area (Å²) in [6, 6.07) is 5.98. The van der Waals surface area contributed by atoms with Gasteiger partial charge in [0.05, 0.1) is 5.54 Å². The third kappa shape index (κ3) is 3.32. The Morgan fingerprint density at radius 1 is 1.38 bits per heavy atom. The lowest BCUT2D eigenvalue weighted by atomic mass is 10.1. The summed E-state index contributed by atoms with van der Waals surface area (Å²) < 4.78 is 1.06. The molecular weight excluding hydrogens is 266 g/mol. The van der Waals surface area contributed by atoms with Gasteiger partial charge in [-0.3, -0.25) is 4.99 Å². The average molecular weight is 284 g/mol. The van der Waals surface area contributed by atoms with Crippen molar-refractivity contribution in [2.24, 2.45) is 10.8 Å². The summed E-state index contributed by atoms with van der Waals surface area (Å²) in [6.07, 6.45) is 0. The first-order chi connectivity index (χ1) is 7.35. The largest absolute Gasteiger partial charge is 0.308 e. The third-order valence-electron chi connectivity index (χ3n) is 2.11. The SMILES string of the molecule is Cc1c(Br)cccc1C(=NC(C)(C)C)NN. The normalized spacial score (nSPS) is 12.8. The van der Waals surface area contributed by atoms with E-state index in [2.05, 4.69) is 26.3 Å². The molecule has 0 amide bonds. The predicted molar refractivity (Wildman–Crippen MR) is 72.5 cm³/mol. The fraction of sp³-hybridized carbons (Fsp3) is 0.417. The van der Waals surface area contributed by atoms with E-state index >= 15 is 0 Å². The molecule has 3 nitrogen and oxygen atoms in total. The highest BCUT2D eigenvalue weighted by molar-refractivity contribution is 9.10. The van der Waals surface area contributed by atoms with Crippen molar-refractivity contribution in [2.45, 2.75) is 33.2 Å². The number of benzene rings is 1. The van der Waals surface area contributed by atoms with Gasteiger partial charge in [0.1, 0.15) is 5.84 Å². The highest BCUT2D eigenvalue weighted by Gasteiger charge is 2.13. The van der Waals surface area contributed by atoms with Crippen molar-refractivity contribution in [1.82, 2.24) is 5.43 Å². The molecule has 0 spiro atoms. The molecule has 0 radical (unpaired) electrons. The zero-order valence-electron chi connectivity index (χ0n) is 10.1. The average Bonchev–Trinajstić information content (AvgIpc) is 2.18. The number of hydrazine groups is 1. The first-order valence-electron chi connectivity index (χ1n) is 5.17. The number of rotatable bonds is 1. The molecule has 0 aliphatic carbocycles. The first-order valence-corrected chi connectivity index (χ1v) is 5.96. The van der Waals surface area contributed by atoms with Gasteiger partial charge in [-0.15, -0.1) is 0 Å². The summed E-state index contributed by atoms with van der Waals surface area (Å²) in [6.45, 7) is 8.15. The molecule has 0 unspecified atom stereocenters. The van der Waals surface area contributed by atoms with E-state index in [-0.39, 0.29) is 5.54 Å². The van der Waals surface area contributed by atoms with Crippen LogP contribution >= 0.6 is 15.9 Å². The molecule has 1 aromatic carbocycles. The molecular formula is C12H18BrN3. The number of nitrogens with one attached hydrogen (secondary N) is 1. The van der Waals surface area contributed by atoms with Gasteiger partial charge in [0, 0.05) is 10.0 Å². The van der Waals surface area contributed by atoms with Crippen LogP contribution in [0.25, 0.3) is 0 Å². The van der Waals surface area contributed by atoms with Gasteiger partial charge >= 0.3 is 0 Å². The van der Waals surface area contributed by atoms with Crippen LogP contribution in [0.3, 0.4) is 0 Å². The van der Waals surface area contributed by atoms with Gasteiger partial charge in [-0.1, -0.05) is 28.1 Å². The summed E-state index contributed by atoms with van der Waals surface area (Å²) in [5.41, 5.74) is 4.66. The zero-order valence-corrected chi connectivity index (χ0v) is 11.7. The molecule has 0 saturated heterocycles. The van der Waals surface area contributed by atoms with E-state index in [9.17, 15) is 0 Å². The smallest absolute Gasteiger partial charge is 0.143 e. The first kappa shape index (κ1) is 13.2. The number of nitrogens with two attached hydrogens (primary N) is 1. The van der Waals surface area contributed by atoms with E-state index < -0.39 is 0 Å². The lowest BCUT2D eigenvalue weighted by Gasteiger charge is -2.17. The van der Waals surface area contributed by atoms with Crippen molar-refractivity contribution in [3.63, 3.8) is 0 Å². The Bertz CT molecular complexity index is 405. The Morgan fingerprint density at radius 2 is 2.00 bits per heavy atom. The van der Waals surface area contributed by atoms with Gasteiger partial charge in [-0.25, -0.2) is 5.84 Å². The van der Waals surface area contributed by atoms with Gasteiger partial charge in [0.25, 0.3) is 0 Å². The molecule has 0 saturated carbocycles. The molecule has 0 fully saturated rings. The zero-order chi connectivity index (χ0) is 12.3. The number of halogens is 1. The Hall–Kier alpha value is -0.870. The van der Waals surface area contributed by atoms with Crippen LogP contribution in [0.2, 0.25) is 0 Å². The minimum Gasteiger partial charge on any atom is -0.308 e. The molecule has 88 valence electrons. The fourth-order valence-corrected chi connectivity index (χ4v) is 1.74. The van der Waals surface area contributed by atoms with E-state index in [1.165, 1.54) is 0 Å². The van der Waals surface area contributed by atoms with Crippen LogP contribution in [0, 0.1) is 6.92 Å². The molecule has 16 heavy (non-hydrogen) atoms. The van der Waals surface area contributed by atoms with Gasteiger partial charge in [0.15, 0.2) is 0 Å². The van der Waals surface area contributed by atoms with Crippen LogP contribution in [-0.4, -0.2) is 11.4 Å². The van der Waals surface area contributed by atoms with Crippen molar-refractivity contribution < 1.29 is 0 Å². The second-order valence-corrected chi connectivity index (χ2v) is 5.54. The highest BCUT2D eigenvalue weighted by atomic mass is 79.9. The van der Waals surface area contributed by atoms with Gasteiger partial charge in [0.2, 0.25) is 0 Å². The molecule has 4 heteroatoms. The maximum atomic E-state index is 5.53. The molecule has 3 N–H and O–H groups in total. The minimum absolute atomic E-state index is 0.156. The van der Waals surface area contributed by atoms with Crippen molar-refractivity contribution in [3.8, 4) is 0 Å².